The molecule has 0 aliphatic carbocycles. The number of nitrogens with two attached hydrogens (primary N) is 1. The number of nitrogens with one attached hydrogen (secondary N) is 1. The predicted octanol–water partition coefficient (Wildman–Crippen LogP) is 0.381. The van der Waals surface area contributed by atoms with Crippen LogP contribution in [0.2, 0.25) is 0 Å². The van der Waals surface area contributed by atoms with Gasteiger partial charge in [0.25, 0.3) is 0 Å². The predicted molar refractivity (Wildman–Crippen MR) is 72.8 cm³/mol. The Morgan fingerprint density at radius 2 is 1.90 bits per heavy atom. The van der Waals surface area contributed by atoms with Gasteiger partial charge in [-0.2, -0.15) is 0 Å². The van der Waals surface area contributed by atoms with Crippen molar-refractivity contribution in [1.82, 2.24) is 10.4 Å². The van der Waals surface area contributed by atoms with Gasteiger partial charge in [-0.3, -0.25) is 5.43 Å². The van der Waals surface area contributed by atoms with Crippen molar-refractivity contribution < 1.29 is 19.1 Å². The van der Waals surface area contributed by atoms with Gasteiger partial charge in [-0.15, -0.1) is 0 Å². The van der Waals surface area contributed by atoms with Gasteiger partial charge in [0, 0.05) is 13.1 Å². The van der Waals surface area contributed by atoms with E-state index in [9.17, 15) is 9.59 Å². The molecule has 20 heavy (non-hydrogen) atoms. The third-order valence-electron chi connectivity index (χ3n) is 2.72. The van der Waals surface area contributed by atoms with Crippen LogP contribution in [0.3, 0.4) is 0 Å². The number of hydrogen-bond donors (Lipinski definition) is 2. The zero-order valence-electron chi connectivity index (χ0n) is 11.8. The fraction of sp³-hybridized carbons (Fsp3) is 0.750. The molecule has 0 saturated carbocycles. The lowest BCUT2D eigenvalue weighted by molar-refractivity contribution is -0.138. The van der Waals surface area contributed by atoms with E-state index < -0.39 is 12.1 Å². The van der Waals surface area contributed by atoms with Gasteiger partial charge in [-0.25, -0.2) is 19.6 Å². The molecule has 1 aliphatic heterocycles. The van der Waals surface area contributed by atoms with Crippen LogP contribution in [0, 0.1) is 0 Å². The summed E-state index contributed by atoms with van der Waals surface area (Å²) < 4.78 is 8.82. The fourth-order valence-corrected chi connectivity index (χ4v) is 1.80. The lowest BCUT2D eigenvalue weighted by Gasteiger charge is -2.21. The second kappa shape index (κ2) is 9.13. The van der Waals surface area contributed by atoms with Crippen LogP contribution in [0.5, 0.6) is 0 Å². The lowest BCUT2D eigenvalue weighted by Crippen LogP contribution is -2.46. The Morgan fingerprint density at radius 3 is 2.50 bits per heavy atom. The van der Waals surface area contributed by atoms with E-state index in [2.05, 4.69) is 19.9 Å². The number of carbonyl (C=O) groups excluding carboxylic acids is 2. The molecule has 8 nitrogen and oxygen atoms in total. The quantitative estimate of drug-likeness (QED) is 0.333. The summed E-state index contributed by atoms with van der Waals surface area (Å²) in [6.07, 6.45) is 3.60. The van der Waals surface area contributed by atoms with Gasteiger partial charge in [0.2, 0.25) is 5.96 Å². The summed E-state index contributed by atoms with van der Waals surface area (Å²) in [4.78, 5) is 26.0. The number of hydrazine groups is 1. The molecule has 0 aromatic carbocycles. The van der Waals surface area contributed by atoms with Crippen LogP contribution in [0.15, 0.2) is 4.99 Å². The molecule has 0 radical (unpaired) electrons. The minimum absolute atomic E-state index is 0.132. The van der Waals surface area contributed by atoms with Crippen molar-refractivity contribution in [3.05, 3.63) is 0 Å². The Balaban J connectivity index is 2.29. The summed E-state index contributed by atoms with van der Waals surface area (Å²) in [7, 11) is 0. The zero-order chi connectivity index (χ0) is 14.8. The number of esters is 1. The van der Waals surface area contributed by atoms with Gasteiger partial charge < -0.3 is 15.2 Å². The minimum atomic E-state index is -1.02. The Hall–Kier alpha value is -1.83. The van der Waals surface area contributed by atoms with Gasteiger partial charge in [-0.1, -0.05) is 12.8 Å². The largest absolute Gasteiger partial charge is 0.516 e. The van der Waals surface area contributed by atoms with Crippen LogP contribution in [0.4, 0.5) is 4.79 Å². The SMILES string of the molecule is CCOC(=O)OC(=O)CN=C(N)NN1CCCCCC1. The molecule has 8 heteroatoms. The highest BCUT2D eigenvalue weighted by atomic mass is 16.7. The van der Waals surface area contributed by atoms with E-state index in [0.717, 1.165) is 25.9 Å². The fourth-order valence-electron chi connectivity index (χ4n) is 1.80. The standard InChI is InChI=1S/C12H22N4O4/c1-2-19-12(18)20-10(17)9-14-11(13)15-16-7-5-3-4-6-8-16/h2-9H2,1H3,(H3,13,14,15). The van der Waals surface area contributed by atoms with Crippen molar-refractivity contribution in [2.45, 2.75) is 32.6 Å². The minimum Gasteiger partial charge on any atom is -0.434 e. The van der Waals surface area contributed by atoms with Crippen molar-refractivity contribution in [1.29, 1.82) is 0 Å². The molecule has 1 saturated heterocycles. The third-order valence-corrected chi connectivity index (χ3v) is 2.72. The van der Waals surface area contributed by atoms with Crippen molar-refractivity contribution in [2.24, 2.45) is 10.7 Å². The first-order chi connectivity index (χ1) is 9.61. The maximum atomic E-state index is 11.3. The topological polar surface area (TPSA) is 106 Å². The van der Waals surface area contributed by atoms with E-state index in [4.69, 9.17) is 5.73 Å². The van der Waals surface area contributed by atoms with Gasteiger partial charge in [0.1, 0.15) is 6.54 Å². The van der Waals surface area contributed by atoms with Gasteiger partial charge in [0.15, 0.2) is 0 Å². The summed E-state index contributed by atoms with van der Waals surface area (Å²) in [5, 5.41) is 1.97. The molecule has 3 N–H and O–H groups in total. The first kappa shape index (κ1) is 16.2. The van der Waals surface area contributed by atoms with Crippen LogP contribution in [0.25, 0.3) is 0 Å². The van der Waals surface area contributed by atoms with Crippen molar-refractivity contribution in [2.75, 3.05) is 26.2 Å². The summed E-state index contributed by atoms with van der Waals surface area (Å²) in [6.45, 7) is 3.22. The molecule has 1 heterocycles. The molecule has 1 fully saturated rings. The Bertz CT molecular complexity index is 351. The molecule has 0 aromatic heterocycles. The van der Waals surface area contributed by atoms with Gasteiger partial charge in [-0.05, 0) is 19.8 Å². The highest BCUT2D eigenvalue weighted by Gasteiger charge is 2.12. The number of guanidine groups is 1. The van der Waals surface area contributed by atoms with E-state index in [-0.39, 0.29) is 19.1 Å². The first-order valence-corrected chi connectivity index (χ1v) is 6.80. The van der Waals surface area contributed by atoms with Crippen molar-refractivity contribution in [3.63, 3.8) is 0 Å². The van der Waals surface area contributed by atoms with E-state index in [0.29, 0.717) is 0 Å². The number of nitrogens with zero attached hydrogens (tertiary/aromatic N) is 2. The van der Waals surface area contributed by atoms with Crippen LogP contribution in [-0.2, 0) is 14.3 Å². The van der Waals surface area contributed by atoms with E-state index in [1.54, 1.807) is 6.92 Å². The van der Waals surface area contributed by atoms with Crippen LogP contribution in [0.1, 0.15) is 32.6 Å². The molecule has 1 aliphatic rings. The Labute approximate surface area is 118 Å². The average Bonchev–Trinajstić information content (AvgIpc) is 2.65. The normalized spacial score (nSPS) is 17.1. The highest BCUT2D eigenvalue weighted by molar-refractivity contribution is 5.86. The molecule has 1 rings (SSSR count). The summed E-state index contributed by atoms with van der Waals surface area (Å²) in [5.41, 5.74) is 8.60. The number of carbonyl (C=O) groups is 2. The van der Waals surface area contributed by atoms with Crippen LogP contribution >= 0.6 is 0 Å². The second-order valence-corrected chi connectivity index (χ2v) is 4.37. The van der Waals surface area contributed by atoms with Gasteiger partial charge in [0.05, 0.1) is 6.61 Å². The van der Waals surface area contributed by atoms with Crippen molar-refractivity contribution in [3.8, 4) is 0 Å². The average molecular weight is 286 g/mol. The zero-order valence-corrected chi connectivity index (χ0v) is 11.8. The second-order valence-electron chi connectivity index (χ2n) is 4.37. The Morgan fingerprint density at radius 1 is 1.25 bits per heavy atom. The first-order valence-electron chi connectivity index (χ1n) is 6.80. The van der Waals surface area contributed by atoms with E-state index >= 15 is 0 Å². The third kappa shape index (κ3) is 6.93. The molecule has 114 valence electrons. The highest BCUT2D eigenvalue weighted by Crippen LogP contribution is 2.07. The maximum absolute atomic E-state index is 11.3. The molecule has 0 amide bonds. The van der Waals surface area contributed by atoms with Crippen LogP contribution in [-0.4, -0.2) is 49.3 Å². The molecular formula is C12H22N4O4. The molecule has 0 atom stereocenters. The summed E-state index contributed by atoms with van der Waals surface area (Å²) in [5.74, 6) is -0.670. The molecule has 0 unspecified atom stereocenters. The maximum Gasteiger partial charge on any atom is 0.516 e. The summed E-state index contributed by atoms with van der Waals surface area (Å²) in [6, 6.07) is 0. The Kier molecular flexibility index (Phi) is 7.41. The number of ether oxygens (including phenoxy) is 2. The lowest BCUT2D eigenvalue weighted by atomic mass is 10.2. The molecule has 0 bridgehead atoms. The number of aliphatic imine (C=N–C) groups is 1. The van der Waals surface area contributed by atoms with E-state index in [1.807, 2.05) is 5.01 Å². The summed E-state index contributed by atoms with van der Waals surface area (Å²) >= 11 is 0. The van der Waals surface area contributed by atoms with E-state index in [1.165, 1.54) is 12.8 Å². The number of hydrogen-bond acceptors (Lipinski definition) is 6. The van der Waals surface area contributed by atoms with Crippen molar-refractivity contribution >= 4 is 18.1 Å². The smallest absolute Gasteiger partial charge is 0.434 e. The molecule has 0 spiro atoms. The monoisotopic (exact) mass is 286 g/mol. The van der Waals surface area contributed by atoms with Crippen LogP contribution < -0.4 is 11.2 Å². The van der Waals surface area contributed by atoms with Gasteiger partial charge >= 0.3 is 12.1 Å². The molecule has 0 aromatic rings. The number of rotatable bonds is 4. The molecular weight excluding hydrogens is 264 g/mol.